The zero-order chi connectivity index (χ0) is 21.1. The van der Waals surface area contributed by atoms with Gasteiger partial charge < -0.3 is 9.88 Å². The number of benzene rings is 2. The number of aromatic nitrogens is 3. The van der Waals surface area contributed by atoms with E-state index < -0.39 is 10.0 Å². The van der Waals surface area contributed by atoms with Crippen LogP contribution >= 0.6 is 0 Å². The summed E-state index contributed by atoms with van der Waals surface area (Å²) in [6.07, 6.45) is 5.05. The summed E-state index contributed by atoms with van der Waals surface area (Å²) in [7, 11) is -1.88. The van der Waals surface area contributed by atoms with Crippen molar-refractivity contribution in [3.8, 4) is 0 Å². The van der Waals surface area contributed by atoms with Gasteiger partial charge in [-0.3, -0.25) is 4.79 Å². The van der Waals surface area contributed by atoms with Crippen molar-refractivity contribution in [2.24, 2.45) is 7.05 Å². The van der Waals surface area contributed by atoms with E-state index in [-0.39, 0.29) is 23.2 Å². The summed E-state index contributed by atoms with van der Waals surface area (Å²) in [5, 5.41) is 3.84. The van der Waals surface area contributed by atoms with Gasteiger partial charge in [0.05, 0.1) is 11.3 Å². The minimum absolute atomic E-state index is 0.00929. The molecule has 0 bridgehead atoms. The lowest BCUT2D eigenvalue weighted by Gasteiger charge is -2.08. The molecule has 0 saturated heterocycles. The van der Waals surface area contributed by atoms with Crippen LogP contribution in [0.1, 0.15) is 5.56 Å². The van der Waals surface area contributed by atoms with E-state index in [0.29, 0.717) is 5.69 Å². The number of carbonyl (C=O) groups is 1. The molecule has 0 unspecified atom stereocenters. The molecule has 0 spiro atoms. The Labute approximate surface area is 173 Å². The third kappa shape index (κ3) is 4.15. The highest BCUT2D eigenvalue weighted by Gasteiger charge is 2.16. The van der Waals surface area contributed by atoms with Crippen molar-refractivity contribution in [2.75, 3.05) is 10.0 Å². The molecule has 0 atom stereocenters. The minimum atomic E-state index is -3.82. The molecular weight excluding hydrogens is 402 g/mol. The molecule has 9 heteroatoms. The molecule has 30 heavy (non-hydrogen) atoms. The summed E-state index contributed by atoms with van der Waals surface area (Å²) >= 11 is 0. The molecule has 2 N–H and O–H groups in total. The molecule has 1 amide bonds. The predicted octanol–water partition coefficient (Wildman–Crippen LogP) is 2.95. The first-order chi connectivity index (χ1) is 14.4. The smallest absolute Gasteiger partial charge is 0.264 e. The average molecular weight is 421 g/mol. The van der Waals surface area contributed by atoms with Crippen molar-refractivity contribution in [1.82, 2.24) is 14.5 Å². The van der Waals surface area contributed by atoms with Crippen LogP contribution in [0, 0.1) is 0 Å². The van der Waals surface area contributed by atoms with E-state index in [4.69, 9.17) is 0 Å². The number of nitrogens with zero attached hydrogens (tertiary/aromatic N) is 3. The highest BCUT2D eigenvalue weighted by Crippen LogP contribution is 2.21. The number of rotatable bonds is 6. The predicted molar refractivity (Wildman–Crippen MR) is 115 cm³/mol. The van der Waals surface area contributed by atoms with Crippen LogP contribution in [0.5, 0.6) is 0 Å². The maximum absolute atomic E-state index is 12.5. The van der Waals surface area contributed by atoms with E-state index in [1.165, 1.54) is 24.5 Å². The highest BCUT2D eigenvalue weighted by atomic mass is 32.2. The standard InChI is InChI=1S/C21H19N5O3S/c1-26-14-15(18-5-2-3-6-19(18)26)13-20(27)24-16-7-9-17(10-8-16)30(28,29)25-21-22-11-4-12-23-21/h2-12,14H,13H2,1H3,(H,24,27)(H,22,23,25). The normalized spacial score (nSPS) is 11.4. The number of fused-ring (bicyclic) bond motifs is 1. The molecule has 152 valence electrons. The third-order valence-corrected chi connectivity index (χ3v) is 5.91. The molecule has 2 aromatic heterocycles. The van der Waals surface area contributed by atoms with Crippen LogP contribution in [0.15, 0.2) is 78.1 Å². The van der Waals surface area contributed by atoms with Gasteiger partial charge in [-0.2, -0.15) is 0 Å². The lowest BCUT2D eigenvalue weighted by atomic mass is 10.1. The summed E-state index contributed by atoms with van der Waals surface area (Å²) in [5.74, 6) is -0.192. The van der Waals surface area contributed by atoms with E-state index >= 15 is 0 Å². The van der Waals surface area contributed by atoms with Crippen molar-refractivity contribution in [1.29, 1.82) is 0 Å². The van der Waals surface area contributed by atoms with Crippen LogP contribution in [0.4, 0.5) is 11.6 Å². The molecule has 4 aromatic rings. The van der Waals surface area contributed by atoms with Crippen molar-refractivity contribution in [3.05, 3.63) is 78.8 Å². The summed E-state index contributed by atoms with van der Waals surface area (Å²) in [5.41, 5.74) is 2.50. The first-order valence-electron chi connectivity index (χ1n) is 9.15. The van der Waals surface area contributed by atoms with Gasteiger partial charge in [0.2, 0.25) is 11.9 Å². The van der Waals surface area contributed by atoms with Gasteiger partial charge >= 0.3 is 0 Å². The Morgan fingerprint density at radius 3 is 2.43 bits per heavy atom. The Kier molecular flexibility index (Phi) is 5.20. The van der Waals surface area contributed by atoms with Gasteiger partial charge in [-0.15, -0.1) is 0 Å². The van der Waals surface area contributed by atoms with Crippen LogP contribution in [0.25, 0.3) is 10.9 Å². The topological polar surface area (TPSA) is 106 Å². The number of sulfonamides is 1. The molecule has 0 fully saturated rings. The first kappa shape index (κ1) is 19.6. The van der Waals surface area contributed by atoms with Crippen molar-refractivity contribution in [3.63, 3.8) is 0 Å². The lowest BCUT2D eigenvalue weighted by molar-refractivity contribution is -0.115. The van der Waals surface area contributed by atoms with Crippen LogP contribution in [-0.4, -0.2) is 28.9 Å². The third-order valence-electron chi connectivity index (χ3n) is 4.57. The quantitative estimate of drug-likeness (QED) is 0.498. The molecule has 4 rings (SSSR count). The number of nitrogens with one attached hydrogen (secondary N) is 2. The lowest BCUT2D eigenvalue weighted by Crippen LogP contribution is -2.16. The molecular formula is C21H19N5O3S. The average Bonchev–Trinajstić information content (AvgIpc) is 3.04. The Balaban J connectivity index is 1.45. The Morgan fingerprint density at radius 2 is 1.70 bits per heavy atom. The highest BCUT2D eigenvalue weighted by molar-refractivity contribution is 7.92. The fourth-order valence-corrected chi connectivity index (χ4v) is 4.15. The van der Waals surface area contributed by atoms with Gasteiger partial charge in [0.1, 0.15) is 0 Å². The summed E-state index contributed by atoms with van der Waals surface area (Å²) in [6, 6.07) is 15.4. The first-order valence-corrected chi connectivity index (χ1v) is 10.6. The number of hydrogen-bond donors (Lipinski definition) is 2. The second-order valence-electron chi connectivity index (χ2n) is 6.71. The Hall–Kier alpha value is -3.72. The van der Waals surface area contributed by atoms with Gasteiger partial charge in [-0.25, -0.2) is 23.1 Å². The van der Waals surface area contributed by atoms with Gasteiger partial charge in [-0.05, 0) is 42.0 Å². The number of hydrogen-bond acceptors (Lipinski definition) is 5. The number of anilines is 2. The molecule has 0 aliphatic heterocycles. The molecule has 0 saturated carbocycles. The molecule has 0 aliphatic rings. The molecule has 8 nitrogen and oxygen atoms in total. The second-order valence-corrected chi connectivity index (χ2v) is 8.39. The van der Waals surface area contributed by atoms with E-state index in [0.717, 1.165) is 16.5 Å². The van der Waals surface area contributed by atoms with Gasteiger partial charge in [0, 0.05) is 42.2 Å². The van der Waals surface area contributed by atoms with Crippen molar-refractivity contribution < 1.29 is 13.2 Å². The van der Waals surface area contributed by atoms with E-state index in [1.807, 2.05) is 42.1 Å². The summed E-state index contributed by atoms with van der Waals surface area (Å²) in [4.78, 5) is 20.2. The molecule has 2 aromatic carbocycles. The zero-order valence-corrected chi connectivity index (χ0v) is 16.9. The fraction of sp³-hybridized carbons (Fsp3) is 0.0952. The summed E-state index contributed by atoms with van der Waals surface area (Å²) < 4.78 is 29.1. The van der Waals surface area contributed by atoms with E-state index in [2.05, 4.69) is 20.0 Å². The number of amides is 1. The van der Waals surface area contributed by atoms with Crippen LogP contribution < -0.4 is 10.0 Å². The van der Waals surface area contributed by atoms with Crippen LogP contribution in [0.2, 0.25) is 0 Å². The van der Waals surface area contributed by atoms with Crippen molar-refractivity contribution in [2.45, 2.75) is 11.3 Å². The molecule has 0 radical (unpaired) electrons. The molecule has 0 aliphatic carbocycles. The Morgan fingerprint density at radius 1 is 1.00 bits per heavy atom. The van der Waals surface area contributed by atoms with Crippen molar-refractivity contribution >= 4 is 38.5 Å². The molecule has 2 heterocycles. The maximum atomic E-state index is 12.5. The van der Waals surface area contributed by atoms with E-state index in [9.17, 15) is 13.2 Å². The van der Waals surface area contributed by atoms with Gasteiger partial charge in [-0.1, -0.05) is 18.2 Å². The largest absolute Gasteiger partial charge is 0.350 e. The van der Waals surface area contributed by atoms with Gasteiger partial charge in [0.25, 0.3) is 10.0 Å². The minimum Gasteiger partial charge on any atom is -0.350 e. The van der Waals surface area contributed by atoms with E-state index in [1.54, 1.807) is 18.2 Å². The van der Waals surface area contributed by atoms with Gasteiger partial charge in [0.15, 0.2) is 0 Å². The number of carbonyl (C=O) groups excluding carboxylic acids is 1. The van der Waals surface area contributed by atoms with Crippen LogP contribution in [-0.2, 0) is 28.3 Å². The SMILES string of the molecule is Cn1cc(CC(=O)Nc2ccc(S(=O)(=O)Nc3ncccn3)cc2)c2ccccc21. The zero-order valence-electron chi connectivity index (χ0n) is 16.1. The monoisotopic (exact) mass is 421 g/mol. The second kappa shape index (κ2) is 7.96. The fourth-order valence-electron chi connectivity index (χ4n) is 3.19. The summed E-state index contributed by atoms with van der Waals surface area (Å²) in [6.45, 7) is 0. The van der Waals surface area contributed by atoms with Crippen LogP contribution in [0.3, 0.4) is 0 Å². The maximum Gasteiger partial charge on any atom is 0.264 e. The Bertz CT molecular complexity index is 1300. The number of para-hydroxylation sites is 1. The number of aryl methyl sites for hydroxylation is 1.